The molecule has 3 heterocycles. The Balaban J connectivity index is 1.22. The van der Waals surface area contributed by atoms with Crippen LogP contribution in [0.1, 0.15) is 79.6 Å². The average Bonchev–Trinajstić information content (AvgIpc) is 3.64. The summed E-state index contributed by atoms with van der Waals surface area (Å²) in [4.78, 5) is 13.3. The molecule has 3 saturated heterocycles. The summed E-state index contributed by atoms with van der Waals surface area (Å²) in [5, 5.41) is 35.6. The number of allylic oxidation sites excluding steroid dienone is 1. The smallest absolute Gasteiger partial charge is 0.186 e. The summed E-state index contributed by atoms with van der Waals surface area (Å²) in [6.45, 7) is 9.99. The van der Waals surface area contributed by atoms with Crippen molar-refractivity contribution in [2.45, 2.75) is 126 Å². The quantitative estimate of drug-likeness (QED) is 0.512. The Bertz CT molecular complexity index is 1040. The van der Waals surface area contributed by atoms with Crippen molar-refractivity contribution in [2.24, 2.45) is 28.6 Å². The first-order chi connectivity index (χ1) is 16.2. The van der Waals surface area contributed by atoms with E-state index in [0.717, 1.165) is 19.3 Å². The van der Waals surface area contributed by atoms with Gasteiger partial charge in [-0.2, -0.15) is 0 Å². The molecule has 7 heteroatoms. The molecule has 7 rings (SSSR count). The molecular weight excluding hydrogens is 448 g/mol. The van der Waals surface area contributed by atoms with Crippen LogP contribution >= 0.6 is 0 Å². The Morgan fingerprint density at radius 1 is 1.09 bits per heavy atom. The summed E-state index contributed by atoms with van der Waals surface area (Å²) in [5.74, 6) is -0.247. The predicted octanol–water partition coefficient (Wildman–Crippen LogP) is 2.64. The van der Waals surface area contributed by atoms with Crippen molar-refractivity contribution in [3.63, 3.8) is 0 Å². The number of carbonyl (C=O) groups excluding carboxylic acids is 1. The van der Waals surface area contributed by atoms with E-state index in [1.165, 1.54) is 0 Å². The summed E-state index contributed by atoms with van der Waals surface area (Å²) >= 11 is 0. The van der Waals surface area contributed by atoms with Gasteiger partial charge in [-0.3, -0.25) is 4.79 Å². The molecule has 3 N–H and O–H groups in total. The molecule has 7 aliphatic rings. The minimum absolute atomic E-state index is 0.0124. The molecule has 0 aromatic rings. The van der Waals surface area contributed by atoms with E-state index in [-0.39, 0.29) is 35.7 Å². The summed E-state index contributed by atoms with van der Waals surface area (Å²) in [5.41, 5.74) is -5.20. The van der Waals surface area contributed by atoms with Gasteiger partial charge in [0.1, 0.15) is 16.8 Å². The van der Waals surface area contributed by atoms with E-state index >= 15 is 0 Å². The van der Waals surface area contributed by atoms with Gasteiger partial charge in [-0.1, -0.05) is 19.9 Å². The highest BCUT2D eigenvalue weighted by Gasteiger charge is 2.82. The number of aliphatic hydroxyl groups excluding tert-OH is 1. The molecule has 13 atom stereocenters. The third-order valence-corrected chi connectivity index (χ3v) is 13.1. The molecule has 6 fully saturated rings. The topological polar surface area (TPSA) is 112 Å². The molecule has 0 aromatic carbocycles. The molecule has 1 spiro atoms. The molecule has 7 nitrogen and oxygen atoms in total. The van der Waals surface area contributed by atoms with E-state index < -0.39 is 45.1 Å². The highest BCUT2D eigenvalue weighted by molar-refractivity contribution is 5.97. The average molecular weight is 489 g/mol. The zero-order valence-electron chi connectivity index (χ0n) is 21.5. The first-order valence-electron chi connectivity index (χ1n) is 13.6. The van der Waals surface area contributed by atoms with Crippen LogP contribution in [0.25, 0.3) is 0 Å². The summed E-state index contributed by atoms with van der Waals surface area (Å²) < 4.78 is 18.2. The number of hydrogen-bond acceptors (Lipinski definition) is 7. The summed E-state index contributed by atoms with van der Waals surface area (Å²) in [6.07, 6.45) is 6.73. The number of rotatable bonds is 2. The fraction of sp³-hybridized carbons (Fsp3) is 0.893. The Morgan fingerprint density at radius 3 is 2.54 bits per heavy atom. The number of ketones is 1. The molecule has 0 bridgehead atoms. The molecule has 194 valence electrons. The number of fused-ring (bicyclic) bond motifs is 5. The second-order valence-electron chi connectivity index (χ2n) is 13.8. The minimum Gasteiger partial charge on any atom is -0.389 e. The number of epoxide rings is 2. The van der Waals surface area contributed by atoms with Crippen LogP contribution in [0, 0.1) is 28.6 Å². The molecular formula is C28H40O7. The third-order valence-electron chi connectivity index (χ3n) is 13.1. The van der Waals surface area contributed by atoms with Crippen LogP contribution in [0.3, 0.4) is 0 Å². The minimum atomic E-state index is -1.16. The normalized spacial score (nSPS) is 64.9. The zero-order valence-corrected chi connectivity index (χ0v) is 21.5. The van der Waals surface area contributed by atoms with Crippen molar-refractivity contribution in [1.29, 1.82) is 0 Å². The standard InChI is InChI=1S/C28H40O7/c1-15(18-14-23(3)25(5,35-23)21(30)33-18)26(31)11-12-27(32)17-13-20-28(34-20)9-6-7-19(29)24(28,4)16(17)8-10-22(26,27)2/h6-7,15-18,20-21,30-32H,8-14H2,1-5H3. The zero-order chi connectivity index (χ0) is 25.0. The van der Waals surface area contributed by atoms with Gasteiger partial charge in [0.05, 0.1) is 28.8 Å². The fourth-order valence-corrected chi connectivity index (χ4v) is 10.2. The van der Waals surface area contributed by atoms with Gasteiger partial charge in [-0.25, -0.2) is 0 Å². The molecule has 0 aromatic heterocycles. The lowest BCUT2D eigenvalue weighted by molar-refractivity contribution is -0.258. The Hall–Kier alpha value is -0.830. The van der Waals surface area contributed by atoms with Crippen molar-refractivity contribution in [1.82, 2.24) is 0 Å². The summed E-state index contributed by atoms with van der Waals surface area (Å²) in [7, 11) is 0. The van der Waals surface area contributed by atoms with E-state index in [1.807, 2.05) is 33.8 Å². The van der Waals surface area contributed by atoms with Gasteiger partial charge < -0.3 is 29.5 Å². The van der Waals surface area contributed by atoms with Crippen molar-refractivity contribution < 1.29 is 34.3 Å². The van der Waals surface area contributed by atoms with Crippen LogP contribution in [0.5, 0.6) is 0 Å². The van der Waals surface area contributed by atoms with Crippen LogP contribution < -0.4 is 0 Å². The molecule has 13 unspecified atom stereocenters. The van der Waals surface area contributed by atoms with E-state index in [2.05, 4.69) is 6.92 Å². The molecule has 4 aliphatic carbocycles. The Labute approximate surface area is 207 Å². The second kappa shape index (κ2) is 6.24. The highest BCUT2D eigenvalue weighted by atomic mass is 16.7. The van der Waals surface area contributed by atoms with Crippen LogP contribution in [0.15, 0.2) is 12.2 Å². The first kappa shape index (κ1) is 23.3. The van der Waals surface area contributed by atoms with Crippen molar-refractivity contribution in [2.75, 3.05) is 0 Å². The lowest BCUT2D eigenvalue weighted by Crippen LogP contribution is -2.69. The molecule has 35 heavy (non-hydrogen) atoms. The van der Waals surface area contributed by atoms with E-state index in [9.17, 15) is 20.1 Å². The lowest BCUT2D eigenvalue weighted by Gasteiger charge is -2.62. The monoisotopic (exact) mass is 488 g/mol. The second-order valence-corrected chi connectivity index (χ2v) is 13.8. The van der Waals surface area contributed by atoms with Crippen molar-refractivity contribution in [3.8, 4) is 0 Å². The number of ether oxygens (including phenoxy) is 3. The van der Waals surface area contributed by atoms with E-state index in [0.29, 0.717) is 25.7 Å². The Kier molecular flexibility index (Phi) is 4.15. The van der Waals surface area contributed by atoms with Crippen molar-refractivity contribution in [3.05, 3.63) is 12.2 Å². The van der Waals surface area contributed by atoms with Crippen LogP contribution in [-0.2, 0) is 19.0 Å². The van der Waals surface area contributed by atoms with Crippen molar-refractivity contribution >= 4 is 5.78 Å². The van der Waals surface area contributed by atoms with E-state index in [1.54, 1.807) is 6.08 Å². The van der Waals surface area contributed by atoms with Gasteiger partial charge >= 0.3 is 0 Å². The van der Waals surface area contributed by atoms with Crippen LogP contribution in [0.2, 0.25) is 0 Å². The maximum Gasteiger partial charge on any atom is 0.186 e. The molecule has 3 saturated carbocycles. The van der Waals surface area contributed by atoms with Gasteiger partial charge in [0.15, 0.2) is 12.1 Å². The Morgan fingerprint density at radius 2 is 1.83 bits per heavy atom. The van der Waals surface area contributed by atoms with Gasteiger partial charge in [0.2, 0.25) is 0 Å². The largest absolute Gasteiger partial charge is 0.389 e. The number of carbonyl (C=O) groups is 1. The SMILES string of the molecule is CC(C1CC2(C)OC2(C)C(O)O1)C1(O)CCC2(O)C3CC4OC45CC=CC(=O)C5(C)C3CCC12C. The van der Waals surface area contributed by atoms with E-state index in [4.69, 9.17) is 14.2 Å². The highest BCUT2D eigenvalue weighted by Crippen LogP contribution is 2.75. The maximum absolute atomic E-state index is 13.3. The fourth-order valence-electron chi connectivity index (χ4n) is 10.2. The van der Waals surface area contributed by atoms with Crippen LogP contribution in [0.4, 0.5) is 0 Å². The molecule has 3 aliphatic heterocycles. The van der Waals surface area contributed by atoms with Gasteiger partial charge in [0.25, 0.3) is 0 Å². The number of hydrogen-bond donors (Lipinski definition) is 3. The van der Waals surface area contributed by atoms with Gasteiger partial charge in [-0.15, -0.1) is 0 Å². The first-order valence-corrected chi connectivity index (χ1v) is 13.6. The third kappa shape index (κ3) is 2.27. The summed E-state index contributed by atoms with van der Waals surface area (Å²) in [6, 6.07) is 0. The van der Waals surface area contributed by atoms with Gasteiger partial charge in [-0.05, 0) is 77.2 Å². The maximum atomic E-state index is 13.3. The van der Waals surface area contributed by atoms with Gasteiger partial charge in [0, 0.05) is 17.8 Å². The number of aliphatic hydroxyl groups is 3. The van der Waals surface area contributed by atoms with Crippen LogP contribution in [-0.4, -0.2) is 67.6 Å². The predicted molar refractivity (Wildman–Crippen MR) is 125 cm³/mol. The lowest BCUT2D eigenvalue weighted by atomic mass is 9.42. The molecule has 0 amide bonds. The molecule has 0 radical (unpaired) electrons.